The number of likely N-dealkylation sites (tertiary alicyclic amines) is 1. The number of halogens is 2. The predicted molar refractivity (Wildman–Crippen MR) is 99.0 cm³/mol. The maximum Gasteiger partial charge on any atom is 0.175 e. The Balaban J connectivity index is 1.67. The summed E-state index contributed by atoms with van der Waals surface area (Å²) in [7, 11) is -3.33. The quantitative estimate of drug-likeness (QED) is 0.841. The number of hydrogen-bond donors (Lipinski definition) is 1. The van der Waals surface area contributed by atoms with Gasteiger partial charge in [-0.2, -0.15) is 0 Å². The van der Waals surface area contributed by atoms with E-state index >= 15 is 0 Å². The largest absolute Gasteiger partial charge is 0.484 e. The standard InChI is InChI=1S/C20H21F2NO4S/c1-28(25,26)15-4-2-14(3-5-15)27-20-17-8-12(21)9-18(22)16(17)10-19(20)23-7-6-13(24)11-23/h2-5,8-9,13,19-20,24H,6-7,10-11H2,1H3/t13?,19-,20-/m0/s1. The molecular formula is C20H21F2NO4S. The molecular weight excluding hydrogens is 388 g/mol. The molecule has 0 saturated carbocycles. The Morgan fingerprint density at radius 2 is 1.89 bits per heavy atom. The van der Waals surface area contributed by atoms with Gasteiger partial charge in [-0.25, -0.2) is 17.2 Å². The van der Waals surface area contributed by atoms with Crippen molar-refractivity contribution in [2.75, 3.05) is 19.3 Å². The maximum absolute atomic E-state index is 14.4. The van der Waals surface area contributed by atoms with Gasteiger partial charge in [-0.05, 0) is 48.7 Å². The number of aliphatic hydroxyl groups is 1. The molecule has 150 valence electrons. The van der Waals surface area contributed by atoms with Gasteiger partial charge < -0.3 is 9.84 Å². The Morgan fingerprint density at radius 1 is 1.18 bits per heavy atom. The Hall–Kier alpha value is -2.03. The van der Waals surface area contributed by atoms with E-state index in [0.717, 1.165) is 12.3 Å². The van der Waals surface area contributed by atoms with Crippen LogP contribution in [0.4, 0.5) is 8.78 Å². The minimum atomic E-state index is -3.33. The Kier molecular flexibility index (Phi) is 4.89. The highest BCUT2D eigenvalue weighted by Gasteiger charge is 2.42. The van der Waals surface area contributed by atoms with Crippen LogP contribution < -0.4 is 4.74 Å². The monoisotopic (exact) mass is 409 g/mol. The topological polar surface area (TPSA) is 66.8 Å². The first-order chi connectivity index (χ1) is 13.2. The molecule has 0 radical (unpaired) electrons. The molecule has 0 spiro atoms. The molecule has 1 unspecified atom stereocenters. The number of rotatable bonds is 4. The molecule has 8 heteroatoms. The molecule has 2 aliphatic rings. The first kappa shape index (κ1) is 19.3. The van der Waals surface area contributed by atoms with Crippen molar-refractivity contribution >= 4 is 9.84 Å². The van der Waals surface area contributed by atoms with Gasteiger partial charge in [-0.15, -0.1) is 0 Å². The lowest BCUT2D eigenvalue weighted by Crippen LogP contribution is -2.39. The lowest BCUT2D eigenvalue weighted by molar-refractivity contribution is 0.0816. The van der Waals surface area contributed by atoms with Gasteiger partial charge in [0.05, 0.1) is 17.0 Å². The molecule has 1 aliphatic carbocycles. The second kappa shape index (κ2) is 7.09. The van der Waals surface area contributed by atoms with Gasteiger partial charge in [-0.3, -0.25) is 4.90 Å². The smallest absolute Gasteiger partial charge is 0.175 e. The van der Waals surface area contributed by atoms with Crippen molar-refractivity contribution in [1.82, 2.24) is 4.90 Å². The van der Waals surface area contributed by atoms with Crippen molar-refractivity contribution in [3.05, 3.63) is 59.2 Å². The predicted octanol–water partition coefficient (Wildman–Crippen LogP) is 2.48. The fourth-order valence-corrected chi connectivity index (χ4v) is 4.69. The lowest BCUT2D eigenvalue weighted by Gasteiger charge is -2.30. The molecule has 1 saturated heterocycles. The van der Waals surface area contributed by atoms with Crippen LogP contribution in [0.3, 0.4) is 0 Å². The van der Waals surface area contributed by atoms with Crippen LogP contribution in [-0.4, -0.2) is 49.9 Å². The first-order valence-corrected chi connectivity index (χ1v) is 11.0. The average Bonchev–Trinajstić information content (AvgIpc) is 3.19. The van der Waals surface area contributed by atoms with Gasteiger partial charge in [0.25, 0.3) is 0 Å². The van der Waals surface area contributed by atoms with E-state index in [2.05, 4.69) is 0 Å². The number of hydrogen-bond acceptors (Lipinski definition) is 5. The normalized spacial score (nSPS) is 25.1. The summed E-state index contributed by atoms with van der Waals surface area (Å²) in [5, 5.41) is 9.88. The fraction of sp³-hybridized carbons (Fsp3) is 0.400. The number of fused-ring (bicyclic) bond motifs is 1. The molecule has 1 fully saturated rings. The number of aliphatic hydroxyl groups excluding tert-OH is 1. The average molecular weight is 409 g/mol. The summed E-state index contributed by atoms with van der Waals surface area (Å²) in [6, 6.07) is 7.90. The molecule has 4 rings (SSSR count). The van der Waals surface area contributed by atoms with Gasteiger partial charge in [0.15, 0.2) is 9.84 Å². The highest BCUT2D eigenvalue weighted by atomic mass is 32.2. The minimum Gasteiger partial charge on any atom is -0.484 e. The zero-order valence-electron chi connectivity index (χ0n) is 15.3. The number of nitrogens with zero attached hydrogens (tertiary/aromatic N) is 1. The van der Waals surface area contributed by atoms with Crippen LogP contribution in [0, 0.1) is 11.6 Å². The molecule has 0 amide bonds. The SMILES string of the molecule is CS(=O)(=O)c1ccc(O[C@H]2c3cc(F)cc(F)c3C[C@@H]2N2CCC(O)C2)cc1. The van der Waals surface area contributed by atoms with Gasteiger partial charge in [-0.1, -0.05) is 0 Å². The van der Waals surface area contributed by atoms with Crippen molar-refractivity contribution < 1.29 is 27.0 Å². The Labute approximate surface area is 162 Å². The van der Waals surface area contributed by atoms with Crippen molar-refractivity contribution in [3.63, 3.8) is 0 Å². The second-order valence-corrected chi connectivity index (χ2v) is 9.46. The molecule has 1 N–H and O–H groups in total. The van der Waals surface area contributed by atoms with Gasteiger partial charge >= 0.3 is 0 Å². The van der Waals surface area contributed by atoms with Gasteiger partial charge in [0.2, 0.25) is 0 Å². The zero-order chi connectivity index (χ0) is 20.1. The van der Waals surface area contributed by atoms with Crippen LogP contribution in [0.5, 0.6) is 5.75 Å². The van der Waals surface area contributed by atoms with Crippen LogP contribution in [0.15, 0.2) is 41.3 Å². The van der Waals surface area contributed by atoms with Crippen LogP contribution in [0.2, 0.25) is 0 Å². The van der Waals surface area contributed by atoms with Crippen LogP contribution in [-0.2, 0) is 16.3 Å². The first-order valence-electron chi connectivity index (χ1n) is 9.09. The minimum absolute atomic E-state index is 0.169. The second-order valence-electron chi connectivity index (χ2n) is 7.45. The highest BCUT2D eigenvalue weighted by molar-refractivity contribution is 7.90. The molecule has 3 atom stereocenters. The van der Waals surface area contributed by atoms with E-state index in [1.54, 1.807) is 12.1 Å². The van der Waals surface area contributed by atoms with Crippen molar-refractivity contribution in [3.8, 4) is 5.75 Å². The van der Waals surface area contributed by atoms with Crippen LogP contribution >= 0.6 is 0 Å². The summed E-state index contributed by atoms with van der Waals surface area (Å²) >= 11 is 0. The molecule has 2 aromatic carbocycles. The molecule has 0 aromatic heterocycles. The zero-order valence-corrected chi connectivity index (χ0v) is 16.1. The number of ether oxygens (including phenoxy) is 1. The van der Waals surface area contributed by atoms with Crippen LogP contribution in [0.25, 0.3) is 0 Å². The van der Waals surface area contributed by atoms with Crippen molar-refractivity contribution in [2.45, 2.75) is 36.0 Å². The van der Waals surface area contributed by atoms with Crippen molar-refractivity contribution in [1.29, 1.82) is 0 Å². The lowest BCUT2D eigenvalue weighted by atomic mass is 10.1. The van der Waals surface area contributed by atoms with Gasteiger partial charge in [0, 0.05) is 31.0 Å². The summed E-state index contributed by atoms with van der Waals surface area (Å²) in [6.07, 6.45) is 1.05. The Morgan fingerprint density at radius 3 is 2.50 bits per heavy atom. The third kappa shape index (κ3) is 3.64. The van der Waals surface area contributed by atoms with E-state index in [1.165, 1.54) is 18.2 Å². The highest BCUT2D eigenvalue weighted by Crippen LogP contribution is 2.40. The molecule has 28 heavy (non-hydrogen) atoms. The van der Waals surface area contributed by atoms with E-state index in [1.807, 2.05) is 4.90 Å². The third-order valence-corrected chi connectivity index (χ3v) is 6.57. The fourth-order valence-electron chi connectivity index (χ4n) is 4.06. The van der Waals surface area contributed by atoms with E-state index in [9.17, 15) is 22.3 Å². The molecule has 5 nitrogen and oxygen atoms in total. The summed E-state index contributed by atoms with van der Waals surface area (Å²) in [6.45, 7) is 1.10. The maximum atomic E-state index is 14.4. The molecule has 2 aromatic rings. The number of β-amino-alcohol motifs (C(OH)–C–C–N with tert-alkyl or cyclic N) is 1. The summed E-state index contributed by atoms with van der Waals surface area (Å²) in [5.41, 5.74) is 0.877. The van der Waals surface area contributed by atoms with Crippen molar-refractivity contribution in [2.24, 2.45) is 0 Å². The van der Waals surface area contributed by atoms with E-state index in [0.29, 0.717) is 42.8 Å². The molecule has 1 aliphatic heterocycles. The number of sulfone groups is 1. The van der Waals surface area contributed by atoms with Crippen LogP contribution in [0.1, 0.15) is 23.7 Å². The molecule has 1 heterocycles. The number of benzene rings is 2. The molecule has 0 bridgehead atoms. The Bertz CT molecular complexity index is 994. The van der Waals surface area contributed by atoms with Gasteiger partial charge in [0.1, 0.15) is 23.5 Å². The summed E-state index contributed by atoms with van der Waals surface area (Å²) < 4.78 is 57.6. The van der Waals surface area contributed by atoms with E-state index in [-0.39, 0.29) is 10.9 Å². The van der Waals surface area contributed by atoms with E-state index < -0.39 is 33.7 Å². The summed E-state index contributed by atoms with van der Waals surface area (Å²) in [4.78, 5) is 2.21. The third-order valence-electron chi connectivity index (χ3n) is 5.44. The van der Waals surface area contributed by atoms with E-state index in [4.69, 9.17) is 4.74 Å². The summed E-state index contributed by atoms with van der Waals surface area (Å²) in [5.74, 6) is -0.850.